The fourth-order valence-corrected chi connectivity index (χ4v) is 3.74. The van der Waals surface area contributed by atoms with Gasteiger partial charge in [-0.15, -0.1) is 0 Å². The standard InChI is InChI=1S/C22H17ClN2O4S/c1-25-30(27,28)18-10-11-21(23)20(12-18)22(26)29-14-15-6-8-16(9-7-15)19-5-3-2-4-17(19)13-24/h2-12,25H,14H2,1H3. The molecule has 30 heavy (non-hydrogen) atoms. The topological polar surface area (TPSA) is 96.3 Å². The molecule has 8 heteroatoms. The monoisotopic (exact) mass is 440 g/mol. The lowest BCUT2D eigenvalue weighted by atomic mass is 9.99. The third-order valence-corrected chi connectivity index (χ3v) is 6.16. The van der Waals surface area contributed by atoms with E-state index < -0.39 is 16.0 Å². The molecular weight excluding hydrogens is 424 g/mol. The molecule has 3 aromatic rings. The highest BCUT2D eigenvalue weighted by Crippen LogP contribution is 2.24. The molecular formula is C22H17ClN2O4S. The van der Waals surface area contributed by atoms with Crippen LogP contribution in [0.25, 0.3) is 11.1 Å². The first-order valence-corrected chi connectivity index (χ1v) is 10.7. The number of rotatable bonds is 6. The fourth-order valence-electron chi connectivity index (χ4n) is 2.79. The lowest BCUT2D eigenvalue weighted by molar-refractivity contribution is 0.0472. The molecule has 0 heterocycles. The van der Waals surface area contributed by atoms with Gasteiger partial charge in [0.05, 0.1) is 27.1 Å². The van der Waals surface area contributed by atoms with E-state index in [-0.39, 0.29) is 22.1 Å². The zero-order valence-electron chi connectivity index (χ0n) is 15.9. The van der Waals surface area contributed by atoms with Gasteiger partial charge in [-0.2, -0.15) is 5.26 Å². The van der Waals surface area contributed by atoms with Gasteiger partial charge < -0.3 is 4.74 Å². The highest BCUT2D eigenvalue weighted by molar-refractivity contribution is 7.89. The molecule has 0 aliphatic carbocycles. The first-order valence-electron chi connectivity index (χ1n) is 8.84. The summed E-state index contributed by atoms with van der Waals surface area (Å²) in [6.07, 6.45) is 0. The highest BCUT2D eigenvalue weighted by Gasteiger charge is 2.18. The normalized spacial score (nSPS) is 11.0. The molecule has 0 bridgehead atoms. The molecule has 0 unspecified atom stereocenters. The molecule has 152 valence electrons. The lowest BCUT2D eigenvalue weighted by Gasteiger charge is -2.10. The summed E-state index contributed by atoms with van der Waals surface area (Å²) in [5.74, 6) is -0.730. The van der Waals surface area contributed by atoms with E-state index in [2.05, 4.69) is 10.8 Å². The van der Waals surface area contributed by atoms with Crippen LogP contribution in [0.1, 0.15) is 21.5 Å². The maximum absolute atomic E-state index is 12.4. The van der Waals surface area contributed by atoms with Crippen LogP contribution in [-0.4, -0.2) is 21.4 Å². The Hall–Kier alpha value is -3.18. The Morgan fingerprint density at radius 1 is 1.10 bits per heavy atom. The molecule has 0 aliphatic heterocycles. The van der Waals surface area contributed by atoms with Gasteiger partial charge in [-0.3, -0.25) is 0 Å². The lowest BCUT2D eigenvalue weighted by Crippen LogP contribution is -2.19. The molecule has 1 N–H and O–H groups in total. The maximum atomic E-state index is 12.4. The van der Waals surface area contributed by atoms with E-state index >= 15 is 0 Å². The average Bonchev–Trinajstić information content (AvgIpc) is 2.78. The van der Waals surface area contributed by atoms with E-state index in [4.69, 9.17) is 16.3 Å². The molecule has 0 amide bonds. The third kappa shape index (κ3) is 4.69. The van der Waals surface area contributed by atoms with Crippen molar-refractivity contribution in [3.05, 3.63) is 88.4 Å². The summed E-state index contributed by atoms with van der Waals surface area (Å²) in [5, 5.41) is 9.33. The number of hydrogen-bond donors (Lipinski definition) is 1. The summed E-state index contributed by atoms with van der Waals surface area (Å²) in [6, 6.07) is 20.5. The van der Waals surface area contributed by atoms with Gasteiger partial charge in [0.2, 0.25) is 10.0 Å². The molecule has 0 saturated carbocycles. The molecule has 0 fully saturated rings. The summed E-state index contributed by atoms with van der Waals surface area (Å²) in [5.41, 5.74) is 2.96. The number of nitrogens with zero attached hydrogens (tertiary/aromatic N) is 1. The highest BCUT2D eigenvalue weighted by atomic mass is 35.5. The van der Waals surface area contributed by atoms with Gasteiger partial charge in [-0.05, 0) is 48.0 Å². The van der Waals surface area contributed by atoms with Crippen LogP contribution in [0.4, 0.5) is 0 Å². The van der Waals surface area contributed by atoms with Gasteiger partial charge >= 0.3 is 5.97 Å². The molecule has 0 saturated heterocycles. The zero-order valence-corrected chi connectivity index (χ0v) is 17.5. The zero-order chi connectivity index (χ0) is 21.7. The largest absolute Gasteiger partial charge is 0.457 e. The molecule has 0 spiro atoms. The summed E-state index contributed by atoms with van der Waals surface area (Å²) in [6.45, 7) is -0.0155. The van der Waals surface area contributed by atoms with Crippen molar-refractivity contribution in [2.45, 2.75) is 11.5 Å². The van der Waals surface area contributed by atoms with Crippen molar-refractivity contribution >= 4 is 27.6 Å². The molecule has 3 aromatic carbocycles. The fraction of sp³-hybridized carbons (Fsp3) is 0.0909. The number of nitriles is 1. The minimum absolute atomic E-state index is 0.0155. The van der Waals surface area contributed by atoms with E-state index in [0.29, 0.717) is 5.56 Å². The Morgan fingerprint density at radius 2 is 1.80 bits per heavy atom. The average molecular weight is 441 g/mol. The summed E-state index contributed by atoms with van der Waals surface area (Å²) in [4.78, 5) is 12.3. The van der Waals surface area contributed by atoms with Gasteiger partial charge in [0, 0.05) is 0 Å². The van der Waals surface area contributed by atoms with Crippen molar-refractivity contribution in [1.29, 1.82) is 5.26 Å². The Balaban J connectivity index is 1.74. The van der Waals surface area contributed by atoms with E-state index in [9.17, 15) is 18.5 Å². The Kier molecular flexibility index (Phi) is 6.53. The van der Waals surface area contributed by atoms with Crippen LogP contribution < -0.4 is 4.72 Å². The van der Waals surface area contributed by atoms with Crippen LogP contribution in [0.2, 0.25) is 5.02 Å². The second kappa shape index (κ2) is 9.09. The van der Waals surface area contributed by atoms with Crippen molar-refractivity contribution < 1.29 is 17.9 Å². The number of nitrogens with one attached hydrogen (secondary N) is 1. The first kappa shape index (κ1) is 21.5. The van der Waals surface area contributed by atoms with Gasteiger partial charge in [0.15, 0.2) is 0 Å². The molecule has 0 atom stereocenters. The van der Waals surface area contributed by atoms with E-state index in [1.54, 1.807) is 24.3 Å². The summed E-state index contributed by atoms with van der Waals surface area (Å²) in [7, 11) is -2.44. The number of carbonyl (C=O) groups excluding carboxylic acids is 1. The number of benzene rings is 3. The second-order valence-corrected chi connectivity index (χ2v) is 8.57. The van der Waals surface area contributed by atoms with Crippen molar-refractivity contribution in [2.75, 3.05) is 7.05 Å². The Labute approximate surface area is 179 Å². The van der Waals surface area contributed by atoms with Gasteiger partial charge in [-0.1, -0.05) is 54.1 Å². The molecule has 3 rings (SSSR count). The third-order valence-electron chi connectivity index (χ3n) is 4.42. The molecule has 0 aliphatic rings. The number of halogens is 1. The van der Waals surface area contributed by atoms with E-state index in [1.165, 1.54) is 25.2 Å². The molecule has 0 radical (unpaired) electrons. The predicted molar refractivity (Wildman–Crippen MR) is 113 cm³/mol. The number of carbonyl (C=O) groups is 1. The van der Waals surface area contributed by atoms with Gasteiger partial charge in [-0.25, -0.2) is 17.9 Å². The molecule has 0 aromatic heterocycles. The predicted octanol–water partition coefficient (Wildman–Crippen LogP) is 4.14. The van der Waals surface area contributed by atoms with E-state index in [1.807, 2.05) is 24.3 Å². The van der Waals surface area contributed by atoms with Crippen LogP contribution in [0.5, 0.6) is 0 Å². The first-order chi connectivity index (χ1) is 14.4. The number of ether oxygens (including phenoxy) is 1. The number of esters is 1. The van der Waals surface area contributed by atoms with Crippen LogP contribution in [0.15, 0.2) is 71.6 Å². The summed E-state index contributed by atoms with van der Waals surface area (Å²) < 4.78 is 31.3. The Bertz CT molecular complexity index is 1230. The molecule has 6 nitrogen and oxygen atoms in total. The number of hydrogen-bond acceptors (Lipinski definition) is 5. The van der Waals surface area contributed by atoms with Crippen LogP contribution in [0.3, 0.4) is 0 Å². The van der Waals surface area contributed by atoms with Crippen LogP contribution >= 0.6 is 11.6 Å². The minimum atomic E-state index is -3.71. The summed E-state index contributed by atoms with van der Waals surface area (Å²) >= 11 is 6.04. The quantitative estimate of drug-likeness (QED) is 0.581. The van der Waals surface area contributed by atoms with Gasteiger partial charge in [0.1, 0.15) is 6.61 Å². The van der Waals surface area contributed by atoms with Gasteiger partial charge in [0.25, 0.3) is 0 Å². The number of sulfonamides is 1. The SMILES string of the molecule is CNS(=O)(=O)c1ccc(Cl)c(C(=O)OCc2ccc(-c3ccccc3C#N)cc2)c1. The van der Waals surface area contributed by atoms with Crippen LogP contribution in [0, 0.1) is 11.3 Å². The van der Waals surface area contributed by atoms with Crippen molar-refractivity contribution in [2.24, 2.45) is 0 Å². The smallest absolute Gasteiger partial charge is 0.340 e. The van der Waals surface area contributed by atoms with Crippen LogP contribution in [-0.2, 0) is 21.4 Å². The second-order valence-electron chi connectivity index (χ2n) is 6.28. The van der Waals surface area contributed by atoms with Crippen molar-refractivity contribution in [1.82, 2.24) is 4.72 Å². The maximum Gasteiger partial charge on any atom is 0.340 e. The minimum Gasteiger partial charge on any atom is -0.457 e. The van der Waals surface area contributed by atoms with E-state index in [0.717, 1.165) is 16.7 Å². The van der Waals surface area contributed by atoms with Crippen molar-refractivity contribution in [3.63, 3.8) is 0 Å². The van der Waals surface area contributed by atoms with Crippen molar-refractivity contribution in [3.8, 4) is 17.2 Å². The Morgan fingerprint density at radius 3 is 2.47 bits per heavy atom.